The smallest absolute Gasteiger partial charge is 0.227 e. The summed E-state index contributed by atoms with van der Waals surface area (Å²) in [6, 6.07) is 14.3. The highest BCUT2D eigenvalue weighted by Gasteiger charge is 2.32. The zero-order chi connectivity index (χ0) is 26.9. The fraction of sp³-hybridized carbons (Fsp3) is 0.414. The Morgan fingerprint density at radius 2 is 1.74 bits per heavy atom. The lowest BCUT2D eigenvalue weighted by Gasteiger charge is -2.34. The van der Waals surface area contributed by atoms with Crippen molar-refractivity contribution in [3.05, 3.63) is 76.2 Å². The van der Waals surface area contributed by atoms with Gasteiger partial charge in [0, 0.05) is 55.8 Å². The minimum absolute atomic E-state index is 0.0248. The van der Waals surface area contributed by atoms with Gasteiger partial charge in [-0.2, -0.15) is 4.98 Å². The molecule has 2 atom stereocenters. The third-order valence-electron chi connectivity index (χ3n) is 7.92. The van der Waals surface area contributed by atoms with Crippen molar-refractivity contribution in [2.45, 2.75) is 55.5 Å². The van der Waals surface area contributed by atoms with Crippen LogP contribution in [0.3, 0.4) is 0 Å². The Morgan fingerprint density at radius 3 is 2.49 bits per heavy atom. The number of halogens is 2. The highest BCUT2D eigenvalue weighted by atomic mass is 35.5. The molecule has 0 aliphatic carbocycles. The molecule has 4 heterocycles. The molecule has 39 heavy (non-hydrogen) atoms. The number of rotatable bonds is 6. The highest BCUT2D eigenvalue weighted by molar-refractivity contribution is 7.85. The Kier molecular flexibility index (Phi) is 7.53. The van der Waals surface area contributed by atoms with Gasteiger partial charge in [0.05, 0.1) is 16.5 Å². The van der Waals surface area contributed by atoms with Crippen molar-refractivity contribution in [1.29, 1.82) is 0 Å². The minimum atomic E-state index is -1.14. The molecule has 2 aromatic carbocycles. The number of nitrogens with one attached hydrogen (secondary N) is 1. The van der Waals surface area contributed by atoms with Crippen LogP contribution in [0.4, 0.5) is 16.2 Å². The number of benzene rings is 2. The number of piperidine rings is 2. The molecular formula is C29H31ClFN5O2S. The van der Waals surface area contributed by atoms with Crippen molar-refractivity contribution in [3.63, 3.8) is 0 Å². The van der Waals surface area contributed by atoms with Crippen LogP contribution < -0.4 is 10.2 Å². The second-order valence-corrected chi connectivity index (χ2v) is 12.5. The Bertz CT molecular complexity index is 1380. The van der Waals surface area contributed by atoms with Gasteiger partial charge in [-0.15, -0.1) is 0 Å². The van der Waals surface area contributed by atoms with E-state index in [9.17, 15) is 13.4 Å². The molecule has 1 N–H and O–H groups in total. The number of fused-ring (bicyclic) bond motifs is 1. The lowest BCUT2D eigenvalue weighted by Crippen LogP contribution is -2.45. The van der Waals surface area contributed by atoms with E-state index in [1.807, 2.05) is 12.1 Å². The second kappa shape index (κ2) is 11.2. The van der Waals surface area contributed by atoms with Crippen molar-refractivity contribution in [2.75, 3.05) is 35.6 Å². The predicted molar refractivity (Wildman–Crippen MR) is 151 cm³/mol. The number of hydrogen-bond acceptors (Lipinski definition) is 6. The Morgan fingerprint density at radius 1 is 1.00 bits per heavy atom. The predicted octanol–water partition coefficient (Wildman–Crippen LogP) is 4.92. The van der Waals surface area contributed by atoms with Crippen molar-refractivity contribution < 1.29 is 13.4 Å². The van der Waals surface area contributed by atoms with E-state index >= 15 is 0 Å². The molecule has 0 saturated carbocycles. The number of amides is 1. The quantitative estimate of drug-likeness (QED) is 0.455. The fourth-order valence-electron chi connectivity index (χ4n) is 5.76. The SMILES string of the molecule is O=C1CC[C@H](Nc2nc(N3CCC(c4ccc(Cl)cc4)CC3)nc3c2S(=O)CC3)CN1Cc1ccc(F)cc1. The van der Waals surface area contributed by atoms with E-state index in [1.54, 1.807) is 17.0 Å². The van der Waals surface area contributed by atoms with E-state index in [2.05, 4.69) is 22.3 Å². The maximum Gasteiger partial charge on any atom is 0.227 e. The molecule has 3 aliphatic heterocycles. The van der Waals surface area contributed by atoms with E-state index in [0.29, 0.717) is 60.7 Å². The van der Waals surface area contributed by atoms with Crippen LogP contribution >= 0.6 is 11.6 Å². The molecule has 1 unspecified atom stereocenters. The van der Waals surface area contributed by atoms with E-state index in [1.165, 1.54) is 17.7 Å². The second-order valence-electron chi connectivity index (χ2n) is 10.5. The zero-order valence-electron chi connectivity index (χ0n) is 21.6. The summed E-state index contributed by atoms with van der Waals surface area (Å²) in [5.41, 5.74) is 3.05. The van der Waals surface area contributed by atoms with Gasteiger partial charge in [-0.1, -0.05) is 35.9 Å². The van der Waals surface area contributed by atoms with Crippen LogP contribution in [0, 0.1) is 5.82 Å². The monoisotopic (exact) mass is 567 g/mol. The molecule has 6 rings (SSSR count). The van der Waals surface area contributed by atoms with Crippen molar-refractivity contribution >= 4 is 40.1 Å². The molecule has 204 valence electrons. The average molecular weight is 568 g/mol. The minimum Gasteiger partial charge on any atom is -0.364 e. The molecule has 7 nitrogen and oxygen atoms in total. The van der Waals surface area contributed by atoms with Gasteiger partial charge >= 0.3 is 0 Å². The number of likely N-dealkylation sites (tertiary alicyclic amines) is 1. The maximum absolute atomic E-state index is 13.3. The summed E-state index contributed by atoms with van der Waals surface area (Å²) in [6.07, 6.45) is 3.76. The molecule has 1 amide bonds. The van der Waals surface area contributed by atoms with E-state index < -0.39 is 10.8 Å². The van der Waals surface area contributed by atoms with Crippen LogP contribution in [0.1, 0.15) is 48.4 Å². The van der Waals surface area contributed by atoms with Gasteiger partial charge in [-0.25, -0.2) is 9.37 Å². The van der Waals surface area contributed by atoms with Crippen LogP contribution in [0.2, 0.25) is 5.02 Å². The van der Waals surface area contributed by atoms with Crippen molar-refractivity contribution in [1.82, 2.24) is 14.9 Å². The largest absolute Gasteiger partial charge is 0.364 e. The van der Waals surface area contributed by atoms with Gasteiger partial charge in [0.25, 0.3) is 0 Å². The number of carbonyl (C=O) groups is 1. The van der Waals surface area contributed by atoms with E-state index in [-0.39, 0.29) is 17.8 Å². The molecule has 10 heteroatoms. The van der Waals surface area contributed by atoms with Crippen LogP contribution in [0.25, 0.3) is 0 Å². The average Bonchev–Trinajstić information content (AvgIpc) is 3.33. The third kappa shape index (κ3) is 5.79. The highest BCUT2D eigenvalue weighted by Crippen LogP contribution is 2.34. The van der Waals surface area contributed by atoms with Gasteiger partial charge in [0.2, 0.25) is 11.9 Å². The topological polar surface area (TPSA) is 78.4 Å². The van der Waals surface area contributed by atoms with E-state index in [0.717, 1.165) is 42.2 Å². The molecule has 2 saturated heterocycles. The number of nitrogens with zero attached hydrogens (tertiary/aromatic N) is 4. The standard InChI is InChI=1S/C29H31ClFN5O2S/c30-22-5-3-20(4-6-22)21-11-14-35(15-12-21)29-33-25-13-16-39(38)27(25)28(34-29)32-24-9-10-26(37)36(18-24)17-19-1-7-23(31)8-2-19/h1-8,21,24H,9-18H2,(H,32,33,34)/t24-,39?/m0/s1. The number of carbonyl (C=O) groups excluding carboxylic acids is 1. The first-order valence-electron chi connectivity index (χ1n) is 13.5. The van der Waals surface area contributed by atoms with Crippen LogP contribution in [-0.4, -0.2) is 56.4 Å². The van der Waals surface area contributed by atoms with Gasteiger partial charge in [-0.3, -0.25) is 9.00 Å². The van der Waals surface area contributed by atoms with Gasteiger partial charge in [0.1, 0.15) is 16.5 Å². The lowest BCUT2D eigenvalue weighted by molar-refractivity contribution is -0.134. The first kappa shape index (κ1) is 26.2. The number of anilines is 2. The first-order chi connectivity index (χ1) is 18.9. The number of hydrogen-bond donors (Lipinski definition) is 1. The summed E-state index contributed by atoms with van der Waals surface area (Å²) in [5.74, 6) is 2.13. The van der Waals surface area contributed by atoms with Crippen LogP contribution in [0.15, 0.2) is 53.4 Å². The normalized spacial score (nSPS) is 21.7. The molecule has 2 fully saturated rings. The van der Waals surface area contributed by atoms with Gasteiger partial charge in [0.15, 0.2) is 0 Å². The Hall–Kier alpha value is -3.04. The Labute approximate surface area is 235 Å². The summed E-state index contributed by atoms with van der Waals surface area (Å²) in [5, 5.41) is 4.29. The van der Waals surface area contributed by atoms with E-state index in [4.69, 9.17) is 21.6 Å². The van der Waals surface area contributed by atoms with Gasteiger partial charge < -0.3 is 15.1 Å². The molecular weight excluding hydrogens is 537 g/mol. The molecule has 0 radical (unpaired) electrons. The summed E-state index contributed by atoms with van der Waals surface area (Å²) in [6.45, 7) is 2.62. The summed E-state index contributed by atoms with van der Waals surface area (Å²) in [7, 11) is -1.14. The summed E-state index contributed by atoms with van der Waals surface area (Å²) < 4.78 is 26.2. The molecule has 0 bridgehead atoms. The van der Waals surface area contributed by atoms with Crippen molar-refractivity contribution in [2.24, 2.45) is 0 Å². The lowest BCUT2D eigenvalue weighted by atomic mass is 9.89. The summed E-state index contributed by atoms with van der Waals surface area (Å²) >= 11 is 6.07. The van der Waals surface area contributed by atoms with Gasteiger partial charge in [-0.05, 0) is 60.6 Å². The Balaban J connectivity index is 1.17. The van der Waals surface area contributed by atoms with Crippen molar-refractivity contribution in [3.8, 4) is 0 Å². The summed E-state index contributed by atoms with van der Waals surface area (Å²) in [4.78, 5) is 27.1. The number of aryl methyl sites for hydroxylation is 1. The number of aromatic nitrogens is 2. The molecule has 1 aromatic heterocycles. The maximum atomic E-state index is 13.3. The zero-order valence-corrected chi connectivity index (χ0v) is 23.2. The van der Waals surface area contributed by atoms with Crippen LogP contribution in [-0.2, 0) is 28.6 Å². The van der Waals surface area contributed by atoms with Crippen LogP contribution in [0.5, 0.6) is 0 Å². The molecule has 3 aromatic rings. The first-order valence-corrected chi connectivity index (χ1v) is 15.2. The third-order valence-corrected chi connectivity index (χ3v) is 9.63. The molecule has 3 aliphatic rings. The fourth-order valence-corrected chi connectivity index (χ4v) is 7.20. The molecule has 0 spiro atoms.